The van der Waals surface area contributed by atoms with Gasteiger partial charge in [0.1, 0.15) is 0 Å². The molecule has 2 rings (SSSR count). The van der Waals surface area contributed by atoms with Gasteiger partial charge in [0.05, 0.1) is 0 Å². The Bertz CT molecular complexity index is 444. The molecule has 0 spiro atoms. The number of nitrogens with zero attached hydrogens (tertiary/aromatic N) is 2. The van der Waals surface area contributed by atoms with Crippen LogP contribution in [0.4, 0.5) is 0 Å². The van der Waals surface area contributed by atoms with Crippen LogP contribution in [-0.4, -0.2) is 55.5 Å². The van der Waals surface area contributed by atoms with Gasteiger partial charge in [-0.2, -0.15) is 0 Å². The summed E-state index contributed by atoms with van der Waals surface area (Å²) in [5, 5.41) is 0. The van der Waals surface area contributed by atoms with Crippen LogP contribution in [0.5, 0.6) is 0 Å². The van der Waals surface area contributed by atoms with Gasteiger partial charge in [0.25, 0.3) is 5.91 Å². The van der Waals surface area contributed by atoms with Gasteiger partial charge in [-0.15, -0.1) is 0 Å². The summed E-state index contributed by atoms with van der Waals surface area (Å²) in [7, 11) is 4.03. The molecule has 110 valence electrons. The molecule has 4 nitrogen and oxygen atoms in total. The van der Waals surface area contributed by atoms with Crippen LogP contribution in [0.15, 0.2) is 24.3 Å². The van der Waals surface area contributed by atoms with Crippen LogP contribution in [0, 0.1) is 0 Å². The highest BCUT2D eigenvalue weighted by Gasteiger charge is 2.24. The SMILES string of the molecule is CN(CC1CCCN1C)C(=O)c1ccc(CCN)cc1. The molecule has 2 N–H and O–H groups in total. The van der Waals surface area contributed by atoms with E-state index in [1.807, 2.05) is 36.2 Å². The second kappa shape index (κ2) is 6.86. The molecule has 1 atom stereocenters. The number of carbonyl (C=O) groups excluding carboxylic acids is 1. The highest BCUT2D eigenvalue weighted by Crippen LogP contribution is 2.16. The molecule has 0 radical (unpaired) electrons. The number of nitrogens with two attached hydrogens (primary N) is 1. The van der Waals surface area contributed by atoms with Gasteiger partial charge in [-0.1, -0.05) is 12.1 Å². The first-order valence-corrected chi connectivity index (χ1v) is 7.36. The highest BCUT2D eigenvalue weighted by molar-refractivity contribution is 5.94. The second-order valence-electron chi connectivity index (χ2n) is 5.70. The van der Waals surface area contributed by atoms with Crippen LogP contribution in [0.3, 0.4) is 0 Å². The molecule has 0 aromatic heterocycles. The average molecular weight is 275 g/mol. The molecule has 1 amide bonds. The Hall–Kier alpha value is -1.39. The molecule has 0 saturated carbocycles. The van der Waals surface area contributed by atoms with E-state index >= 15 is 0 Å². The number of amides is 1. The summed E-state index contributed by atoms with van der Waals surface area (Å²) in [6.07, 6.45) is 3.28. The first-order chi connectivity index (χ1) is 9.61. The predicted molar refractivity (Wildman–Crippen MR) is 81.8 cm³/mol. The fraction of sp³-hybridized carbons (Fsp3) is 0.562. The minimum atomic E-state index is 0.101. The van der Waals surface area contributed by atoms with E-state index in [1.54, 1.807) is 0 Å². The molecule has 0 aliphatic carbocycles. The van der Waals surface area contributed by atoms with E-state index in [-0.39, 0.29) is 5.91 Å². The third-order valence-electron chi connectivity index (χ3n) is 4.14. The third kappa shape index (κ3) is 3.58. The Morgan fingerprint density at radius 1 is 1.40 bits per heavy atom. The van der Waals surface area contributed by atoms with Gasteiger partial charge in [0.2, 0.25) is 0 Å². The quantitative estimate of drug-likeness (QED) is 0.882. The zero-order valence-corrected chi connectivity index (χ0v) is 12.5. The van der Waals surface area contributed by atoms with E-state index < -0.39 is 0 Å². The van der Waals surface area contributed by atoms with E-state index in [9.17, 15) is 4.79 Å². The van der Waals surface area contributed by atoms with E-state index in [2.05, 4.69) is 11.9 Å². The van der Waals surface area contributed by atoms with Crippen molar-refractivity contribution >= 4 is 5.91 Å². The molecule has 20 heavy (non-hydrogen) atoms. The summed E-state index contributed by atoms with van der Waals surface area (Å²) in [5.41, 5.74) is 7.47. The summed E-state index contributed by atoms with van der Waals surface area (Å²) < 4.78 is 0. The summed E-state index contributed by atoms with van der Waals surface area (Å²) in [5.74, 6) is 0.101. The Labute approximate surface area is 121 Å². The topological polar surface area (TPSA) is 49.6 Å². The summed E-state index contributed by atoms with van der Waals surface area (Å²) in [6.45, 7) is 2.58. The van der Waals surface area contributed by atoms with Crippen molar-refractivity contribution in [3.8, 4) is 0 Å². The lowest BCUT2D eigenvalue weighted by Crippen LogP contribution is -2.39. The summed E-state index contributed by atoms with van der Waals surface area (Å²) >= 11 is 0. The molecule has 1 fully saturated rings. The molecule has 0 bridgehead atoms. The first kappa shape index (κ1) is 15.0. The molecular weight excluding hydrogens is 250 g/mol. The van der Waals surface area contributed by atoms with E-state index in [0.29, 0.717) is 12.6 Å². The molecule has 1 aliphatic rings. The van der Waals surface area contributed by atoms with Crippen molar-refractivity contribution in [1.82, 2.24) is 9.80 Å². The molecule has 4 heteroatoms. The minimum Gasteiger partial charge on any atom is -0.340 e. The standard InChI is InChI=1S/C16H25N3O/c1-18-11-3-4-15(18)12-19(2)16(20)14-7-5-13(6-8-14)9-10-17/h5-8,15H,3-4,9-12,17H2,1-2H3. The van der Waals surface area contributed by atoms with Crippen molar-refractivity contribution in [2.45, 2.75) is 25.3 Å². The van der Waals surface area contributed by atoms with Crippen molar-refractivity contribution < 1.29 is 4.79 Å². The van der Waals surface area contributed by atoms with Crippen LogP contribution in [-0.2, 0) is 6.42 Å². The van der Waals surface area contributed by atoms with Gasteiger partial charge in [-0.05, 0) is 57.1 Å². The van der Waals surface area contributed by atoms with Gasteiger partial charge in [0, 0.05) is 25.2 Å². The number of hydrogen-bond donors (Lipinski definition) is 1. The van der Waals surface area contributed by atoms with Crippen molar-refractivity contribution in [2.75, 3.05) is 33.7 Å². The fourth-order valence-corrected chi connectivity index (χ4v) is 2.81. The molecule has 1 saturated heterocycles. The number of likely N-dealkylation sites (N-methyl/N-ethyl adjacent to an activating group) is 2. The van der Waals surface area contributed by atoms with Gasteiger partial charge in [-0.3, -0.25) is 4.79 Å². The average Bonchev–Trinajstić information content (AvgIpc) is 2.85. The number of benzene rings is 1. The molecule has 1 heterocycles. The molecule has 1 aromatic rings. The van der Waals surface area contributed by atoms with Crippen LogP contribution < -0.4 is 5.73 Å². The van der Waals surface area contributed by atoms with Crippen LogP contribution in [0.1, 0.15) is 28.8 Å². The van der Waals surface area contributed by atoms with E-state index in [4.69, 9.17) is 5.73 Å². The number of hydrogen-bond acceptors (Lipinski definition) is 3. The van der Waals surface area contributed by atoms with Gasteiger partial charge in [-0.25, -0.2) is 0 Å². The fourth-order valence-electron chi connectivity index (χ4n) is 2.81. The van der Waals surface area contributed by atoms with Crippen LogP contribution in [0.2, 0.25) is 0 Å². The lowest BCUT2D eigenvalue weighted by molar-refractivity contribution is 0.0761. The Morgan fingerprint density at radius 2 is 2.10 bits per heavy atom. The maximum absolute atomic E-state index is 12.4. The molecule has 1 aromatic carbocycles. The molecular formula is C16H25N3O. The highest BCUT2D eigenvalue weighted by atomic mass is 16.2. The normalized spacial score (nSPS) is 19.2. The zero-order chi connectivity index (χ0) is 14.5. The van der Waals surface area contributed by atoms with E-state index in [0.717, 1.165) is 25.1 Å². The Morgan fingerprint density at radius 3 is 2.65 bits per heavy atom. The second-order valence-corrected chi connectivity index (χ2v) is 5.70. The maximum atomic E-state index is 12.4. The number of carbonyl (C=O) groups is 1. The molecule has 1 unspecified atom stereocenters. The van der Waals surface area contributed by atoms with E-state index in [1.165, 1.54) is 18.4 Å². The monoisotopic (exact) mass is 275 g/mol. The molecule has 1 aliphatic heterocycles. The Balaban J connectivity index is 1.95. The lowest BCUT2D eigenvalue weighted by Gasteiger charge is -2.26. The van der Waals surface area contributed by atoms with Gasteiger partial charge >= 0.3 is 0 Å². The van der Waals surface area contributed by atoms with Crippen molar-refractivity contribution in [1.29, 1.82) is 0 Å². The Kier molecular flexibility index (Phi) is 5.15. The maximum Gasteiger partial charge on any atom is 0.253 e. The smallest absolute Gasteiger partial charge is 0.253 e. The third-order valence-corrected chi connectivity index (χ3v) is 4.14. The van der Waals surface area contributed by atoms with Crippen molar-refractivity contribution in [3.63, 3.8) is 0 Å². The minimum absolute atomic E-state index is 0.101. The largest absolute Gasteiger partial charge is 0.340 e. The van der Waals surface area contributed by atoms with Crippen LogP contribution in [0.25, 0.3) is 0 Å². The lowest BCUT2D eigenvalue weighted by atomic mass is 10.1. The zero-order valence-electron chi connectivity index (χ0n) is 12.5. The number of likely N-dealkylation sites (tertiary alicyclic amines) is 1. The van der Waals surface area contributed by atoms with Gasteiger partial charge < -0.3 is 15.5 Å². The summed E-state index contributed by atoms with van der Waals surface area (Å²) in [6, 6.07) is 8.30. The van der Waals surface area contributed by atoms with Crippen molar-refractivity contribution in [3.05, 3.63) is 35.4 Å². The van der Waals surface area contributed by atoms with Crippen molar-refractivity contribution in [2.24, 2.45) is 5.73 Å². The number of rotatable bonds is 5. The first-order valence-electron chi connectivity index (χ1n) is 7.36. The summed E-state index contributed by atoms with van der Waals surface area (Å²) in [4.78, 5) is 16.6. The predicted octanol–water partition coefficient (Wildman–Crippen LogP) is 1.35. The van der Waals surface area contributed by atoms with Gasteiger partial charge in [0.15, 0.2) is 0 Å². The van der Waals surface area contributed by atoms with Crippen LogP contribution >= 0.6 is 0 Å².